The van der Waals surface area contributed by atoms with Gasteiger partial charge >= 0.3 is 0 Å². The summed E-state index contributed by atoms with van der Waals surface area (Å²) in [6.07, 6.45) is -1.26. The van der Waals surface area contributed by atoms with E-state index in [0.29, 0.717) is 0 Å². The summed E-state index contributed by atoms with van der Waals surface area (Å²) in [4.78, 5) is 0. The van der Waals surface area contributed by atoms with Gasteiger partial charge < -0.3 is 10.6 Å². The second-order valence-corrected chi connectivity index (χ2v) is 2.38. The summed E-state index contributed by atoms with van der Waals surface area (Å²) in [5.74, 6) is 0. The lowest BCUT2D eigenvalue weighted by molar-refractivity contribution is 0.288. The Kier molecular flexibility index (Phi) is 1.01. The average molecular weight is 152 g/mol. The van der Waals surface area contributed by atoms with E-state index in [-0.39, 0.29) is 13.1 Å². The van der Waals surface area contributed by atoms with E-state index in [1.807, 2.05) is 0 Å². The Morgan fingerprint density at radius 2 is 2.50 bits per heavy atom. The first-order valence-electron chi connectivity index (χ1n) is 6.23. The van der Waals surface area contributed by atoms with Gasteiger partial charge in [0.25, 0.3) is 0 Å². The van der Waals surface area contributed by atoms with Crippen molar-refractivity contribution in [3.8, 4) is 0 Å². The molecular weight excluding hydrogens is 131 g/mol. The van der Waals surface area contributed by atoms with Crippen LogP contribution >= 0.6 is 0 Å². The zero-order chi connectivity index (χ0) is 12.6. The van der Waals surface area contributed by atoms with Gasteiger partial charge in [0.1, 0.15) is 6.17 Å². The van der Waals surface area contributed by atoms with Gasteiger partial charge in [0.2, 0.25) is 0 Å². The smallest absolute Gasteiger partial charge is 0.129 e. The summed E-state index contributed by atoms with van der Waals surface area (Å²) in [5, 5.41) is 5.11. The molecule has 0 aromatic carbocycles. The van der Waals surface area contributed by atoms with Gasteiger partial charge in [0.05, 0.1) is 6.04 Å². The summed E-state index contributed by atoms with van der Waals surface area (Å²) in [7, 11) is 0. The molecule has 1 aliphatic rings. The predicted molar refractivity (Wildman–Crippen MR) is 39.8 cm³/mol. The highest BCUT2D eigenvalue weighted by Crippen LogP contribution is 2.04. The molecule has 0 aromatic rings. The predicted octanol–water partition coefficient (Wildman–Crippen LogP) is 0.294. The fourth-order valence-electron chi connectivity index (χ4n) is 1.02. The fraction of sp³-hybridized carbons (Fsp3) is 1.00. The molecule has 1 rings (SSSR count). The van der Waals surface area contributed by atoms with E-state index in [4.69, 9.17) is 8.22 Å². The molecule has 1 heterocycles. The molecule has 0 aromatic heterocycles. The summed E-state index contributed by atoms with van der Waals surface area (Å²) in [5.41, 5.74) is 0. The van der Waals surface area contributed by atoms with E-state index >= 15 is 0 Å². The molecule has 1 fully saturated rings. The van der Waals surface area contributed by atoms with Gasteiger partial charge in [0.15, 0.2) is 0 Å². The summed E-state index contributed by atoms with van der Waals surface area (Å²) >= 11 is 0. The Hall–Kier alpha value is -0.150. The monoisotopic (exact) mass is 152 g/mol. The van der Waals surface area contributed by atoms with E-state index in [9.17, 15) is 4.39 Å². The van der Waals surface area contributed by atoms with Gasteiger partial charge in [-0.1, -0.05) is 13.7 Å². The summed E-state index contributed by atoms with van der Waals surface area (Å²) < 4.78 is 56.1. The van der Waals surface area contributed by atoms with Crippen molar-refractivity contribution in [1.82, 2.24) is 10.6 Å². The zero-order valence-electron chi connectivity index (χ0n) is 11.5. The fourth-order valence-corrected chi connectivity index (χ4v) is 1.02. The highest BCUT2D eigenvalue weighted by molar-refractivity contribution is 4.87. The van der Waals surface area contributed by atoms with Crippen molar-refractivity contribution >= 4 is 0 Å². The molecule has 0 radical (unpaired) electrons. The van der Waals surface area contributed by atoms with Gasteiger partial charge in [0, 0.05) is 27.4 Å². The molecule has 2 N–H and O–H groups in total. The third-order valence-corrected chi connectivity index (χ3v) is 1.52. The van der Waals surface area contributed by atoms with Crippen LogP contribution in [0.15, 0.2) is 0 Å². The number of halogens is 1. The lowest BCUT2D eigenvalue weighted by Gasteiger charge is -2.16. The number of nitrogens with one attached hydrogen (secondary N) is 2. The van der Waals surface area contributed by atoms with Gasteiger partial charge in [-0.3, -0.25) is 0 Å². The molecule has 0 amide bonds. The standard InChI is InChI=1S/C7H15FN2/c1-5(2)10-7-4-9-3-6(7)8/h5-7,9-10H,3-4H2,1-2H3/t6-,7-/m0/s1/i1D3,2D3. The normalized spacial score (nSPS) is 45.0. The molecule has 2 atom stereocenters. The van der Waals surface area contributed by atoms with Crippen LogP contribution in [-0.2, 0) is 0 Å². The molecular formula is C7H15FN2. The van der Waals surface area contributed by atoms with Gasteiger partial charge in [-0.25, -0.2) is 4.39 Å². The average Bonchev–Trinajstić information content (AvgIpc) is 2.42. The highest BCUT2D eigenvalue weighted by atomic mass is 19.1. The van der Waals surface area contributed by atoms with Crippen molar-refractivity contribution < 1.29 is 12.6 Å². The maximum Gasteiger partial charge on any atom is 0.129 e. The minimum absolute atomic E-state index is 0.117. The van der Waals surface area contributed by atoms with Crippen LogP contribution in [0, 0.1) is 0 Å². The molecule has 0 unspecified atom stereocenters. The van der Waals surface area contributed by atoms with Crippen molar-refractivity contribution in [3.05, 3.63) is 0 Å². The lowest BCUT2D eigenvalue weighted by Crippen LogP contribution is -2.41. The van der Waals surface area contributed by atoms with Crippen LogP contribution in [0.4, 0.5) is 4.39 Å². The van der Waals surface area contributed by atoms with E-state index < -0.39 is 32.0 Å². The van der Waals surface area contributed by atoms with Crippen molar-refractivity contribution in [2.24, 2.45) is 0 Å². The van der Waals surface area contributed by atoms with Crippen molar-refractivity contribution in [1.29, 1.82) is 0 Å². The summed E-state index contributed by atoms with van der Waals surface area (Å²) in [6, 6.07) is -2.45. The summed E-state index contributed by atoms with van der Waals surface area (Å²) in [6.45, 7) is -4.99. The van der Waals surface area contributed by atoms with Crippen LogP contribution in [0.1, 0.15) is 21.9 Å². The zero-order valence-corrected chi connectivity index (χ0v) is 5.52. The number of hydrogen-bond donors (Lipinski definition) is 2. The second-order valence-electron chi connectivity index (χ2n) is 2.38. The number of hydrogen-bond acceptors (Lipinski definition) is 2. The minimum Gasteiger partial charge on any atom is -0.312 e. The van der Waals surface area contributed by atoms with Crippen LogP contribution < -0.4 is 10.6 Å². The Balaban J connectivity index is 2.72. The third-order valence-electron chi connectivity index (χ3n) is 1.52. The second kappa shape index (κ2) is 3.30. The maximum atomic E-state index is 13.2. The molecule has 10 heavy (non-hydrogen) atoms. The highest BCUT2D eigenvalue weighted by Gasteiger charge is 2.26. The van der Waals surface area contributed by atoms with E-state index in [1.165, 1.54) is 0 Å². The molecule has 0 aliphatic carbocycles. The first kappa shape index (κ1) is 3.07. The maximum absolute atomic E-state index is 13.2. The Morgan fingerprint density at radius 1 is 1.70 bits per heavy atom. The van der Waals surface area contributed by atoms with Crippen molar-refractivity contribution in [3.63, 3.8) is 0 Å². The largest absolute Gasteiger partial charge is 0.312 e. The number of rotatable bonds is 2. The van der Waals surface area contributed by atoms with Crippen molar-refractivity contribution in [2.45, 2.75) is 32.0 Å². The first-order valence-corrected chi connectivity index (χ1v) is 3.23. The molecule has 1 aliphatic heterocycles. The first-order chi connectivity index (χ1) is 7.12. The van der Waals surface area contributed by atoms with Gasteiger partial charge in [-0.2, -0.15) is 0 Å². The third kappa shape index (κ3) is 1.92. The Bertz CT molecular complexity index is 226. The van der Waals surface area contributed by atoms with Crippen molar-refractivity contribution in [2.75, 3.05) is 13.1 Å². The van der Waals surface area contributed by atoms with Crippen LogP contribution in [0.25, 0.3) is 0 Å². The SMILES string of the molecule is [2H]C([2H])([2H])C(N[C@H]1CNC[C@@H]1F)C([2H])([2H])[2H]. The molecule has 2 nitrogen and oxygen atoms in total. The number of alkyl halides is 1. The molecule has 0 saturated carbocycles. The van der Waals surface area contributed by atoms with E-state index in [0.717, 1.165) is 0 Å². The Labute approximate surface area is 69.6 Å². The molecule has 3 heteroatoms. The van der Waals surface area contributed by atoms with Crippen LogP contribution in [0.2, 0.25) is 0 Å². The van der Waals surface area contributed by atoms with Gasteiger partial charge in [-0.05, 0) is 0 Å². The quantitative estimate of drug-likeness (QED) is 0.594. The molecule has 0 spiro atoms. The van der Waals surface area contributed by atoms with E-state index in [2.05, 4.69) is 10.6 Å². The lowest BCUT2D eigenvalue weighted by atomic mass is 10.2. The molecule has 0 bridgehead atoms. The van der Waals surface area contributed by atoms with Crippen LogP contribution in [-0.4, -0.2) is 31.3 Å². The topological polar surface area (TPSA) is 24.1 Å². The molecule has 60 valence electrons. The Morgan fingerprint density at radius 3 is 3.00 bits per heavy atom. The van der Waals surface area contributed by atoms with Crippen LogP contribution in [0.5, 0.6) is 0 Å². The van der Waals surface area contributed by atoms with Crippen LogP contribution in [0.3, 0.4) is 0 Å². The minimum atomic E-state index is -2.67. The van der Waals surface area contributed by atoms with Gasteiger partial charge in [-0.15, -0.1) is 0 Å². The molecule has 1 saturated heterocycles. The van der Waals surface area contributed by atoms with E-state index in [1.54, 1.807) is 0 Å².